The summed E-state index contributed by atoms with van der Waals surface area (Å²) in [6, 6.07) is 18.4. The number of benzene rings is 2. The van der Waals surface area contributed by atoms with Gasteiger partial charge in [0.15, 0.2) is 6.61 Å². The van der Waals surface area contributed by atoms with E-state index < -0.39 is 0 Å². The molecule has 1 aliphatic heterocycles. The van der Waals surface area contributed by atoms with Crippen molar-refractivity contribution in [3.05, 3.63) is 82.2 Å². The first-order valence-corrected chi connectivity index (χ1v) is 10.0. The fourth-order valence-electron chi connectivity index (χ4n) is 3.35. The first kappa shape index (κ1) is 20.0. The first-order valence-electron chi connectivity index (χ1n) is 9.67. The third-order valence-electron chi connectivity index (χ3n) is 4.98. The molecular formula is C22H21ClN4O3. The van der Waals surface area contributed by atoms with Crippen LogP contribution >= 0.6 is 11.6 Å². The van der Waals surface area contributed by atoms with Crippen LogP contribution in [0.4, 0.5) is 5.69 Å². The molecule has 7 nitrogen and oxygen atoms in total. The van der Waals surface area contributed by atoms with Gasteiger partial charge >= 0.3 is 0 Å². The number of anilines is 1. The van der Waals surface area contributed by atoms with Gasteiger partial charge in [0.25, 0.3) is 11.5 Å². The quantitative estimate of drug-likeness (QED) is 0.629. The Balaban J connectivity index is 1.39. The average Bonchev–Trinajstić information content (AvgIpc) is 2.80. The lowest BCUT2D eigenvalue weighted by Crippen LogP contribution is -2.50. The highest BCUT2D eigenvalue weighted by atomic mass is 35.5. The number of carbonyl (C=O) groups is 1. The van der Waals surface area contributed by atoms with Gasteiger partial charge in [-0.2, -0.15) is 9.78 Å². The van der Waals surface area contributed by atoms with Crippen molar-refractivity contribution >= 4 is 23.2 Å². The fraction of sp³-hybridized carbons (Fsp3) is 0.227. The van der Waals surface area contributed by atoms with Crippen LogP contribution in [0.5, 0.6) is 5.75 Å². The molecule has 1 saturated heterocycles. The number of amides is 1. The smallest absolute Gasteiger partial charge is 0.292 e. The molecule has 0 bridgehead atoms. The van der Waals surface area contributed by atoms with Crippen LogP contribution in [-0.4, -0.2) is 53.4 Å². The minimum absolute atomic E-state index is 0.000550. The molecule has 2 aromatic carbocycles. The van der Waals surface area contributed by atoms with Crippen LogP contribution in [-0.2, 0) is 4.79 Å². The van der Waals surface area contributed by atoms with Crippen LogP contribution in [0.25, 0.3) is 5.69 Å². The monoisotopic (exact) mass is 424 g/mol. The highest BCUT2D eigenvalue weighted by molar-refractivity contribution is 6.33. The lowest BCUT2D eigenvalue weighted by Gasteiger charge is -2.36. The molecule has 1 aromatic heterocycles. The van der Waals surface area contributed by atoms with Gasteiger partial charge in [0.2, 0.25) is 0 Å². The summed E-state index contributed by atoms with van der Waals surface area (Å²) >= 11 is 6.38. The van der Waals surface area contributed by atoms with E-state index in [0.29, 0.717) is 43.3 Å². The van der Waals surface area contributed by atoms with E-state index in [-0.39, 0.29) is 23.1 Å². The molecular weight excluding hydrogens is 404 g/mol. The maximum absolute atomic E-state index is 12.7. The van der Waals surface area contributed by atoms with Crippen LogP contribution < -0.4 is 15.2 Å². The molecule has 1 fully saturated rings. The molecule has 1 aliphatic rings. The van der Waals surface area contributed by atoms with E-state index in [1.165, 1.54) is 4.68 Å². The molecule has 0 N–H and O–H groups in total. The molecule has 0 aliphatic carbocycles. The third-order valence-corrected chi connectivity index (χ3v) is 5.34. The van der Waals surface area contributed by atoms with Gasteiger partial charge in [-0.25, -0.2) is 0 Å². The summed E-state index contributed by atoms with van der Waals surface area (Å²) in [6.45, 7) is 2.17. The number of nitrogens with zero attached hydrogens (tertiary/aromatic N) is 4. The van der Waals surface area contributed by atoms with Gasteiger partial charge in [0.1, 0.15) is 10.8 Å². The molecule has 3 aromatic rings. The number of hydrogen-bond acceptors (Lipinski definition) is 5. The second kappa shape index (κ2) is 9.00. The summed E-state index contributed by atoms with van der Waals surface area (Å²) in [7, 11) is 0. The number of rotatable bonds is 5. The van der Waals surface area contributed by atoms with Crippen molar-refractivity contribution in [2.24, 2.45) is 0 Å². The number of halogens is 1. The van der Waals surface area contributed by atoms with Crippen LogP contribution in [0.2, 0.25) is 5.02 Å². The predicted octanol–water partition coefficient (Wildman–Crippen LogP) is 2.61. The number of aromatic nitrogens is 2. The molecule has 30 heavy (non-hydrogen) atoms. The van der Waals surface area contributed by atoms with E-state index in [0.717, 1.165) is 0 Å². The van der Waals surface area contributed by atoms with Gasteiger partial charge < -0.3 is 14.5 Å². The average molecular weight is 425 g/mol. The molecule has 1 amide bonds. The molecule has 0 radical (unpaired) electrons. The van der Waals surface area contributed by atoms with Gasteiger partial charge in [0.05, 0.1) is 17.6 Å². The van der Waals surface area contributed by atoms with Crippen LogP contribution in [0, 0.1) is 0 Å². The number of carbonyl (C=O) groups excluding carboxylic acids is 1. The highest BCUT2D eigenvalue weighted by Gasteiger charge is 2.24. The lowest BCUT2D eigenvalue weighted by molar-refractivity contribution is -0.133. The Morgan fingerprint density at radius 2 is 1.60 bits per heavy atom. The van der Waals surface area contributed by atoms with Crippen molar-refractivity contribution in [3.8, 4) is 11.4 Å². The van der Waals surface area contributed by atoms with Crippen molar-refractivity contribution in [2.75, 3.05) is 37.7 Å². The Morgan fingerprint density at radius 3 is 2.27 bits per heavy atom. The number of para-hydroxylation sites is 2. The molecule has 0 saturated carbocycles. The van der Waals surface area contributed by atoms with Crippen molar-refractivity contribution in [3.63, 3.8) is 0 Å². The topological polar surface area (TPSA) is 67.7 Å². The van der Waals surface area contributed by atoms with Gasteiger partial charge in [0, 0.05) is 26.2 Å². The minimum Gasteiger partial charge on any atom is -0.484 e. The molecule has 0 spiro atoms. The van der Waals surface area contributed by atoms with E-state index in [9.17, 15) is 9.59 Å². The summed E-state index contributed by atoms with van der Waals surface area (Å²) < 4.78 is 6.83. The molecule has 8 heteroatoms. The fourth-order valence-corrected chi connectivity index (χ4v) is 3.60. The summed E-state index contributed by atoms with van der Waals surface area (Å²) in [5, 5.41) is 4.41. The van der Waals surface area contributed by atoms with Crippen molar-refractivity contribution in [1.82, 2.24) is 14.7 Å². The van der Waals surface area contributed by atoms with E-state index in [1.54, 1.807) is 23.2 Å². The second-order valence-corrected chi connectivity index (χ2v) is 7.24. The molecule has 0 unspecified atom stereocenters. The van der Waals surface area contributed by atoms with Gasteiger partial charge in [-0.15, -0.1) is 0 Å². The molecule has 4 rings (SSSR count). The highest BCUT2D eigenvalue weighted by Crippen LogP contribution is 2.23. The second-order valence-electron chi connectivity index (χ2n) is 6.87. The molecule has 0 atom stereocenters. The van der Waals surface area contributed by atoms with E-state index in [1.807, 2.05) is 53.4 Å². The van der Waals surface area contributed by atoms with Crippen LogP contribution in [0.3, 0.4) is 0 Å². The third kappa shape index (κ3) is 4.31. The lowest BCUT2D eigenvalue weighted by atomic mass is 10.2. The normalized spacial score (nSPS) is 13.9. The van der Waals surface area contributed by atoms with Crippen LogP contribution in [0.15, 0.2) is 71.7 Å². The molecule has 154 valence electrons. The van der Waals surface area contributed by atoms with Crippen LogP contribution in [0.1, 0.15) is 0 Å². The van der Waals surface area contributed by atoms with E-state index in [4.69, 9.17) is 16.3 Å². The number of ether oxygens (including phenoxy) is 1. The largest absolute Gasteiger partial charge is 0.484 e. The minimum atomic E-state index is -0.366. The Kier molecular flexibility index (Phi) is 5.99. The van der Waals surface area contributed by atoms with Crippen molar-refractivity contribution < 1.29 is 9.53 Å². The Labute approximate surface area is 179 Å². The van der Waals surface area contributed by atoms with Crippen molar-refractivity contribution in [1.29, 1.82) is 0 Å². The zero-order valence-electron chi connectivity index (χ0n) is 16.3. The zero-order chi connectivity index (χ0) is 20.9. The summed E-state index contributed by atoms with van der Waals surface area (Å²) in [5.41, 5.74) is 0.876. The van der Waals surface area contributed by atoms with E-state index >= 15 is 0 Å². The first-order chi connectivity index (χ1) is 14.6. The van der Waals surface area contributed by atoms with Gasteiger partial charge in [-0.05, 0) is 24.3 Å². The zero-order valence-corrected chi connectivity index (χ0v) is 17.0. The Morgan fingerprint density at radius 1 is 0.967 bits per heavy atom. The summed E-state index contributed by atoms with van der Waals surface area (Å²) in [4.78, 5) is 28.8. The predicted molar refractivity (Wildman–Crippen MR) is 116 cm³/mol. The maximum atomic E-state index is 12.7. The number of hydrogen-bond donors (Lipinski definition) is 0. The van der Waals surface area contributed by atoms with Gasteiger partial charge in [-0.1, -0.05) is 48.0 Å². The molecule has 2 heterocycles. The SMILES string of the molecule is O=C(COc1ccccc1)N1CCN(c2cnn(-c3ccccc3)c(=O)c2Cl)CC1. The Bertz CT molecular complexity index is 1060. The van der Waals surface area contributed by atoms with Crippen molar-refractivity contribution in [2.45, 2.75) is 0 Å². The standard InChI is InChI=1S/C22H21ClN4O3/c23-21-19(15-24-27(22(21)29)17-7-3-1-4-8-17)25-11-13-26(14-12-25)20(28)16-30-18-9-5-2-6-10-18/h1-10,15H,11-14,16H2. The van der Waals surface area contributed by atoms with E-state index in [2.05, 4.69) is 5.10 Å². The summed E-state index contributed by atoms with van der Waals surface area (Å²) in [5.74, 6) is 0.601. The summed E-state index contributed by atoms with van der Waals surface area (Å²) in [6.07, 6.45) is 1.60. The maximum Gasteiger partial charge on any atom is 0.292 e. The number of piperazine rings is 1. The Hall–Kier alpha value is -3.32. The van der Waals surface area contributed by atoms with Gasteiger partial charge in [-0.3, -0.25) is 9.59 Å².